The van der Waals surface area contributed by atoms with E-state index in [9.17, 15) is 4.79 Å². The van der Waals surface area contributed by atoms with Crippen molar-refractivity contribution in [1.29, 1.82) is 0 Å². The van der Waals surface area contributed by atoms with Crippen LogP contribution >= 0.6 is 0 Å². The van der Waals surface area contributed by atoms with Crippen LogP contribution in [0.1, 0.15) is 19.3 Å². The summed E-state index contributed by atoms with van der Waals surface area (Å²) in [5.74, 6) is 0. The Kier molecular flexibility index (Phi) is 4.92. The molecule has 1 aliphatic rings. The highest BCUT2D eigenvalue weighted by Crippen LogP contribution is 2.26. The van der Waals surface area contributed by atoms with E-state index in [1.807, 2.05) is 24.3 Å². The van der Waals surface area contributed by atoms with E-state index in [-0.39, 0.29) is 5.56 Å². The zero-order chi connectivity index (χ0) is 22.4. The lowest BCUT2D eigenvalue weighted by atomic mass is 10.0. The Balaban J connectivity index is 1.61. The number of likely N-dealkylation sites (tertiary alicyclic amines) is 1. The van der Waals surface area contributed by atoms with Crippen LogP contribution in [-0.2, 0) is 0 Å². The Hall–Kier alpha value is -3.57. The second-order valence-corrected chi connectivity index (χ2v) is 9.17. The van der Waals surface area contributed by atoms with Gasteiger partial charge in [0.15, 0.2) is 0 Å². The van der Waals surface area contributed by atoms with E-state index in [2.05, 4.69) is 64.7 Å². The number of nitrogens with one attached hydrogen (secondary N) is 2. The molecule has 33 heavy (non-hydrogen) atoms. The maximum Gasteiger partial charge on any atom is 0.256 e. The standard InChI is InChI=1S/C28H27N3O2/c1-31-12-3-2-7-21(31)17-29-26-14-18-8-10-25-23(13-18)24(28(32)30-25)16-22-9-11-27(33-22)20-6-4-5-19(26)15-20/h4-6,8-11,13-16,21,29H,2-3,7,12,17H2,1H3,(H,30,32). The number of aromatic amines is 1. The van der Waals surface area contributed by atoms with Crippen molar-refractivity contribution in [2.24, 2.45) is 0 Å². The van der Waals surface area contributed by atoms with Crippen LogP contribution in [0.25, 0.3) is 43.6 Å². The third kappa shape index (κ3) is 3.79. The molecule has 0 aliphatic carbocycles. The molecule has 2 aromatic carbocycles. The van der Waals surface area contributed by atoms with Crippen LogP contribution in [0, 0.1) is 0 Å². The monoisotopic (exact) mass is 437 g/mol. The number of likely N-dealkylation sites (N-methyl/N-ethyl adjacent to an activating group) is 1. The van der Waals surface area contributed by atoms with Gasteiger partial charge in [0.2, 0.25) is 0 Å². The number of H-pyrrole nitrogens is 1. The Morgan fingerprint density at radius 3 is 2.82 bits per heavy atom. The fourth-order valence-electron chi connectivity index (χ4n) is 5.04. The second kappa shape index (κ2) is 8.09. The lowest BCUT2D eigenvalue weighted by Crippen LogP contribution is -2.40. The largest absolute Gasteiger partial charge is 0.457 e. The summed E-state index contributed by atoms with van der Waals surface area (Å²) in [5.41, 5.74) is 3.27. The lowest BCUT2D eigenvalue weighted by molar-refractivity contribution is 0.195. The van der Waals surface area contributed by atoms with Crippen molar-refractivity contribution >= 4 is 49.3 Å². The number of furan rings is 1. The van der Waals surface area contributed by atoms with Gasteiger partial charge in [0.1, 0.15) is 11.2 Å². The van der Waals surface area contributed by atoms with Gasteiger partial charge in [-0.25, -0.2) is 0 Å². The zero-order valence-corrected chi connectivity index (χ0v) is 18.7. The van der Waals surface area contributed by atoms with Crippen LogP contribution in [0.5, 0.6) is 0 Å². The van der Waals surface area contributed by atoms with Gasteiger partial charge in [-0.05, 0) is 79.7 Å². The van der Waals surface area contributed by atoms with Crippen molar-refractivity contribution in [2.45, 2.75) is 25.3 Å². The maximum atomic E-state index is 12.7. The third-order valence-corrected chi connectivity index (χ3v) is 6.96. The number of fused-ring (bicyclic) bond motifs is 6. The first kappa shape index (κ1) is 20.1. The Bertz CT molecular complexity index is 1580. The minimum absolute atomic E-state index is 0.0989. The van der Waals surface area contributed by atoms with E-state index < -0.39 is 0 Å². The molecule has 0 radical (unpaired) electrons. The van der Waals surface area contributed by atoms with Crippen LogP contribution in [-0.4, -0.2) is 36.1 Å². The number of hydrogen-bond acceptors (Lipinski definition) is 4. The number of rotatable bonds is 3. The fraction of sp³-hybridized carbons (Fsp3) is 0.250. The van der Waals surface area contributed by atoms with Crippen molar-refractivity contribution in [3.05, 3.63) is 77.1 Å². The summed E-state index contributed by atoms with van der Waals surface area (Å²) in [4.78, 5) is 18.1. The Labute approximate surface area is 191 Å². The SMILES string of the molecule is CN1CCCCC1CNc1cc2ccc3[nH]c(=O)c(cc4ccc(o4)c4cccc1c4)c3c2. The topological polar surface area (TPSA) is 61.3 Å². The number of aromatic nitrogens is 1. The number of hydrogen-bond donors (Lipinski definition) is 2. The summed E-state index contributed by atoms with van der Waals surface area (Å²) in [5, 5.41) is 8.47. The molecule has 0 amide bonds. The summed E-state index contributed by atoms with van der Waals surface area (Å²) in [6.07, 6.45) is 3.78. The molecule has 5 heteroatoms. The first-order valence-electron chi connectivity index (χ1n) is 11.7. The molecule has 1 aliphatic heterocycles. The summed E-state index contributed by atoms with van der Waals surface area (Å²) < 4.78 is 6.11. The number of anilines is 1. The van der Waals surface area contributed by atoms with E-state index in [1.165, 1.54) is 19.3 Å². The van der Waals surface area contributed by atoms with Crippen LogP contribution < -0.4 is 10.9 Å². The Morgan fingerprint density at radius 2 is 1.91 bits per heavy atom. The van der Waals surface area contributed by atoms with Crippen LogP contribution in [0.2, 0.25) is 0 Å². The normalized spacial score (nSPS) is 17.2. The molecule has 0 spiro atoms. The van der Waals surface area contributed by atoms with Gasteiger partial charge >= 0.3 is 0 Å². The number of nitrogens with zero attached hydrogens (tertiary/aromatic N) is 1. The molecule has 5 nitrogen and oxygen atoms in total. The van der Waals surface area contributed by atoms with Gasteiger partial charge in [0.25, 0.3) is 5.56 Å². The van der Waals surface area contributed by atoms with Crippen LogP contribution in [0.15, 0.2) is 75.9 Å². The average Bonchev–Trinajstić information content (AvgIpc) is 3.42. The van der Waals surface area contributed by atoms with Crippen molar-refractivity contribution in [3.8, 4) is 0 Å². The van der Waals surface area contributed by atoms with Gasteiger partial charge in [-0.1, -0.05) is 30.7 Å². The average molecular weight is 438 g/mol. The molecule has 1 unspecified atom stereocenters. The maximum absolute atomic E-state index is 12.7. The highest BCUT2D eigenvalue weighted by Gasteiger charge is 2.18. The summed E-state index contributed by atoms with van der Waals surface area (Å²) in [7, 11) is 2.22. The molecule has 3 aromatic heterocycles. The summed E-state index contributed by atoms with van der Waals surface area (Å²) in [6.45, 7) is 2.05. The first-order chi connectivity index (χ1) is 16.1. The second-order valence-electron chi connectivity index (χ2n) is 9.17. The number of benzene rings is 2. The molecule has 6 bridgehead atoms. The molecule has 166 valence electrons. The molecule has 1 fully saturated rings. The lowest BCUT2D eigenvalue weighted by Gasteiger charge is -2.32. The summed E-state index contributed by atoms with van der Waals surface area (Å²) in [6, 6.07) is 23.0. The van der Waals surface area contributed by atoms with Gasteiger partial charge < -0.3 is 19.6 Å². The third-order valence-electron chi connectivity index (χ3n) is 6.96. The highest BCUT2D eigenvalue weighted by atomic mass is 16.3. The quantitative estimate of drug-likeness (QED) is 0.361. The van der Waals surface area contributed by atoms with Crippen molar-refractivity contribution in [2.75, 3.05) is 25.5 Å². The van der Waals surface area contributed by atoms with Crippen LogP contribution in [0.3, 0.4) is 0 Å². The Morgan fingerprint density at radius 1 is 1.00 bits per heavy atom. The molecule has 0 saturated carbocycles. The van der Waals surface area contributed by atoms with Gasteiger partial charge in [0, 0.05) is 34.6 Å². The first-order valence-corrected chi connectivity index (χ1v) is 11.7. The van der Waals surface area contributed by atoms with Crippen molar-refractivity contribution in [1.82, 2.24) is 9.88 Å². The van der Waals surface area contributed by atoms with Gasteiger partial charge in [-0.15, -0.1) is 0 Å². The predicted octanol–water partition coefficient (Wildman–Crippen LogP) is 6.04. The molecular weight excluding hydrogens is 410 g/mol. The smallest absolute Gasteiger partial charge is 0.256 e. The number of piperidine rings is 1. The highest BCUT2D eigenvalue weighted by molar-refractivity contribution is 6.00. The van der Waals surface area contributed by atoms with Gasteiger partial charge in [-0.3, -0.25) is 4.79 Å². The van der Waals surface area contributed by atoms with E-state index in [0.717, 1.165) is 51.4 Å². The van der Waals surface area contributed by atoms with E-state index in [1.54, 1.807) is 0 Å². The predicted molar refractivity (Wildman–Crippen MR) is 137 cm³/mol. The molecular formula is C28H27N3O2. The fourth-order valence-corrected chi connectivity index (χ4v) is 5.04. The van der Waals surface area contributed by atoms with E-state index >= 15 is 0 Å². The van der Waals surface area contributed by atoms with Crippen molar-refractivity contribution in [3.63, 3.8) is 0 Å². The van der Waals surface area contributed by atoms with Crippen LogP contribution in [0.4, 0.5) is 5.69 Å². The van der Waals surface area contributed by atoms with E-state index in [0.29, 0.717) is 17.0 Å². The van der Waals surface area contributed by atoms with Gasteiger partial charge in [-0.2, -0.15) is 0 Å². The van der Waals surface area contributed by atoms with Gasteiger partial charge in [0.05, 0.1) is 5.39 Å². The van der Waals surface area contributed by atoms with E-state index in [4.69, 9.17) is 4.42 Å². The zero-order valence-electron chi connectivity index (χ0n) is 18.7. The molecule has 5 aromatic rings. The molecule has 6 rings (SSSR count). The molecule has 1 atom stereocenters. The molecule has 1 saturated heterocycles. The molecule has 2 N–H and O–H groups in total. The minimum atomic E-state index is -0.0989. The van der Waals surface area contributed by atoms with Crippen molar-refractivity contribution < 1.29 is 4.42 Å². The molecule has 4 heterocycles. The minimum Gasteiger partial charge on any atom is -0.457 e. The summed E-state index contributed by atoms with van der Waals surface area (Å²) >= 11 is 0.